The summed E-state index contributed by atoms with van der Waals surface area (Å²) in [5, 5.41) is 3.16. The molecule has 0 bridgehead atoms. The van der Waals surface area contributed by atoms with Crippen molar-refractivity contribution in [2.24, 2.45) is 11.8 Å². The number of carbonyl (C=O) groups excluding carboxylic acids is 1. The lowest BCUT2D eigenvalue weighted by Crippen LogP contribution is -2.20. The van der Waals surface area contributed by atoms with Crippen molar-refractivity contribution in [3.05, 3.63) is 18.2 Å². The van der Waals surface area contributed by atoms with Gasteiger partial charge in [0, 0.05) is 12.0 Å². The summed E-state index contributed by atoms with van der Waals surface area (Å²) in [6.07, 6.45) is -1.97. The number of thiazole rings is 1. The number of halogens is 3. The van der Waals surface area contributed by atoms with Crippen LogP contribution in [0.5, 0.6) is 5.75 Å². The minimum atomic E-state index is -4.73. The number of benzene rings is 1. The second-order valence-corrected chi connectivity index (χ2v) is 6.83. The highest BCUT2D eigenvalue weighted by molar-refractivity contribution is 7.22. The third-order valence-electron chi connectivity index (χ3n) is 3.89. The number of fused-ring (bicyclic) bond motifs is 1. The largest absolute Gasteiger partial charge is 0.573 e. The van der Waals surface area contributed by atoms with Crippen LogP contribution >= 0.6 is 11.3 Å². The van der Waals surface area contributed by atoms with Crippen molar-refractivity contribution in [1.29, 1.82) is 0 Å². The molecule has 2 atom stereocenters. The molecule has 1 amide bonds. The van der Waals surface area contributed by atoms with Crippen LogP contribution in [0.1, 0.15) is 26.2 Å². The molecule has 0 spiro atoms. The molecule has 0 radical (unpaired) electrons. The highest BCUT2D eigenvalue weighted by atomic mass is 32.1. The molecule has 0 aliphatic heterocycles. The van der Waals surface area contributed by atoms with Crippen LogP contribution in [0.15, 0.2) is 18.2 Å². The van der Waals surface area contributed by atoms with Crippen molar-refractivity contribution in [2.45, 2.75) is 32.5 Å². The highest BCUT2D eigenvalue weighted by Crippen LogP contribution is 2.34. The monoisotopic (exact) mass is 344 g/mol. The Balaban J connectivity index is 1.73. The van der Waals surface area contributed by atoms with Gasteiger partial charge in [-0.1, -0.05) is 18.3 Å². The summed E-state index contributed by atoms with van der Waals surface area (Å²) in [5.74, 6) is 0.167. The summed E-state index contributed by atoms with van der Waals surface area (Å²) >= 11 is 1.13. The van der Waals surface area contributed by atoms with E-state index in [9.17, 15) is 18.0 Å². The predicted molar refractivity (Wildman–Crippen MR) is 81.4 cm³/mol. The van der Waals surface area contributed by atoms with E-state index in [0.29, 0.717) is 21.3 Å². The predicted octanol–water partition coefficient (Wildman–Crippen LogP) is 4.57. The van der Waals surface area contributed by atoms with Gasteiger partial charge in [0.1, 0.15) is 5.75 Å². The van der Waals surface area contributed by atoms with Crippen molar-refractivity contribution in [3.63, 3.8) is 0 Å². The van der Waals surface area contributed by atoms with Crippen LogP contribution in [-0.4, -0.2) is 17.3 Å². The number of rotatable bonds is 3. The maximum absolute atomic E-state index is 12.2. The van der Waals surface area contributed by atoms with Gasteiger partial charge >= 0.3 is 6.36 Å². The quantitative estimate of drug-likeness (QED) is 0.887. The molecule has 3 rings (SSSR count). The second-order valence-electron chi connectivity index (χ2n) is 5.80. The molecule has 1 aliphatic carbocycles. The van der Waals surface area contributed by atoms with E-state index in [1.54, 1.807) is 0 Å². The lowest BCUT2D eigenvalue weighted by Gasteiger charge is -2.08. The molecule has 1 aromatic heterocycles. The van der Waals surface area contributed by atoms with E-state index in [1.807, 2.05) is 0 Å². The first kappa shape index (κ1) is 16.0. The molecule has 4 nitrogen and oxygen atoms in total. The van der Waals surface area contributed by atoms with Crippen LogP contribution in [0.2, 0.25) is 0 Å². The fraction of sp³-hybridized carbons (Fsp3) is 0.467. The normalized spacial score (nSPS) is 21.6. The Morgan fingerprint density at radius 2 is 2.17 bits per heavy atom. The molecule has 1 heterocycles. The zero-order valence-electron chi connectivity index (χ0n) is 12.3. The number of carbonyl (C=O) groups is 1. The van der Waals surface area contributed by atoms with Crippen molar-refractivity contribution in [2.75, 3.05) is 5.32 Å². The van der Waals surface area contributed by atoms with E-state index >= 15 is 0 Å². The van der Waals surface area contributed by atoms with Crippen LogP contribution in [0.25, 0.3) is 10.2 Å². The van der Waals surface area contributed by atoms with Gasteiger partial charge in [0.25, 0.3) is 0 Å². The lowest BCUT2D eigenvalue weighted by atomic mass is 10.1. The Morgan fingerprint density at radius 1 is 1.39 bits per heavy atom. The van der Waals surface area contributed by atoms with E-state index in [-0.39, 0.29) is 17.6 Å². The number of alkyl halides is 3. The lowest BCUT2D eigenvalue weighted by molar-refractivity contribution is -0.274. The first-order valence-corrected chi connectivity index (χ1v) is 8.09. The molecule has 124 valence electrons. The van der Waals surface area contributed by atoms with E-state index in [0.717, 1.165) is 30.6 Å². The number of aromatic nitrogens is 1. The van der Waals surface area contributed by atoms with Crippen LogP contribution in [0.3, 0.4) is 0 Å². The van der Waals surface area contributed by atoms with Gasteiger partial charge in [-0.3, -0.25) is 4.79 Å². The molecule has 1 saturated carbocycles. The number of hydrogen-bond acceptors (Lipinski definition) is 4. The first-order valence-electron chi connectivity index (χ1n) is 7.27. The summed E-state index contributed by atoms with van der Waals surface area (Å²) < 4.78 is 41.1. The maximum Gasteiger partial charge on any atom is 0.573 e. The molecule has 2 unspecified atom stereocenters. The van der Waals surface area contributed by atoms with E-state index in [2.05, 4.69) is 22.0 Å². The number of hydrogen-bond donors (Lipinski definition) is 1. The van der Waals surface area contributed by atoms with Crippen LogP contribution in [0, 0.1) is 11.8 Å². The first-order chi connectivity index (χ1) is 10.8. The van der Waals surface area contributed by atoms with E-state index < -0.39 is 6.36 Å². The summed E-state index contributed by atoms with van der Waals surface area (Å²) in [7, 11) is 0. The number of nitrogens with zero attached hydrogens (tertiary/aromatic N) is 1. The molecular weight excluding hydrogens is 329 g/mol. The Morgan fingerprint density at radius 3 is 2.83 bits per heavy atom. The third-order valence-corrected chi connectivity index (χ3v) is 4.82. The van der Waals surface area contributed by atoms with Gasteiger partial charge in [0.15, 0.2) is 5.13 Å². The fourth-order valence-corrected chi connectivity index (χ4v) is 3.71. The second kappa shape index (κ2) is 5.99. The van der Waals surface area contributed by atoms with Crippen molar-refractivity contribution in [1.82, 2.24) is 4.98 Å². The summed E-state index contributed by atoms with van der Waals surface area (Å²) in [4.78, 5) is 16.4. The molecule has 1 aromatic carbocycles. The Bertz CT molecular complexity index is 729. The smallest absolute Gasteiger partial charge is 0.406 e. The number of anilines is 1. The minimum absolute atomic E-state index is 0.0128. The SMILES string of the molecule is CC1CCC(C(=O)Nc2nc3ccc(OC(F)(F)F)cc3s2)C1. The van der Waals surface area contributed by atoms with Gasteiger partial charge in [0.05, 0.1) is 10.2 Å². The average Bonchev–Trinajstić information content (AvgIpc) is 3.02. The Labute approximate surface area is 134 Å². The molecule has 1 aliphatic rings. The summed E-state index contributed by atoms with van der Waals surface area (Å²) in [5.41, 5.74) is 0.527. The topological polar surface area (TPSA) is 51.2 Å². The Hall–Kier alpha value is -1.83. The summed E-state index contributed by atoms with van der Waals surface area (Å²) in [6, 6.07) is 3.92. The van der Waals surface area contributed by atoms with Crippen LogP contribution in [-0.2, 0) is 4.79 Å². The zero-order chi connectivity index (χ0) is 16.6. The molecular formula is C15H15F3N2O2S. The molecule has 23 heavy (non-hydrogen) atoms. The number of nitrogens with one attached hydrogen (secondary N) is 1. The van der Waals surface area contributed by atoms with E-state index in [4.69, 9.17) is 0 Å². The molecule has 1 N–H and O–H groups in total. The van der Waals surface area contributed by atoms with Gasteiger partial charge in [-0.05, 0) is 37.3 Å². The minimum Gasteiger partial charge on any atom is -0.406 e. The average molecular weight is 344 g/mol. The van der Waals surface area contributed by atoms with Gasteiger partial charge in [0.2, 0.25) is 5.91 Å². The fourth-order valence-electron chi connectivity index (χ4n) is 2.81. The van der Waals surface area contributed by atoms with Crippen LogP contribution in [0.4, 0.5) is 18.3 Å². The van der Waals surface area contributed by atoms with Gasteiger partial charge in [-0.2, -0.15) is 0 Å². The molecule has 0 saturated heterocycles. The standard InChI is InChI=1S/C15H15F3N2O2S/c1-8-2-3-9(6-8)13(21)20-14-19-11-5-4-10(7-12(11)23-14)22-15(16,17)18/h4-5,7-9H,2-3,6H2,1H3,(H,19,20,21). The third kappa shape index (κ3) is 3.93. The van der Waals surface area contributed by atoms with Gasteiger partial charge in [-0.25, -0.2) is 4.98 Å². The molecule has 1 fully saturated rings. The van der Waals surface area contributed by atoms with Gasteiger partial charge in [-0.15, -0.1) is 13.2 Å². The summed E-state index contributed by atoms with van der Waals surface area (Å²) in [6.45, 7) is 2.12. The van der Waals surface area contributed by atoms with Crippen molar-refractivity contribution < 1.29 is 22.7 Å². The highest BCUT2D eigenvalue weighted by Gasteiger charge is 2.31. The maximum atomic E-state index is 12.2. The van der Waals surface area contributed by atoms with Gasteiger partial charge < -0.3 is 10.1 Å². The van der Waals surface area contributed by atoms with Crippen molar-refractivity contribution in [3.8, 4) is 5.75 Å². The zero-order valence-corrected chi connectivity index (χ0v) is 13.1. The molecule has 8 heteroatoms. The van der Waals surface area contributed by atoms with Crippen LogP contribution < -0.4 is 10.1 Å². The Kier molecular flexibility index (Phi) is 4.18. The van der Waals surface area contributed by atoms with Crippen molar-refractivity contribution >= 4 is 32.6 Å². The molecule has 2 aromatic rings. The van der Waals surface area contributed by atoms with E-state index in [1.165, 1.54) is 18.2 Å². The number of amides is 1. The number of ether oxygens (including phenoxy) is 1.